The second kappa shape index (κ2) is 9.68. The molecule has 0 aliphatic carbocycles. The zero-order valence-electron chi connectivity index (χ0n) is 15.5. The summed E-state index contributed by atoms with van der Waals surface area (Å²) in [5, 5.41) is 13.1. The van der Waals surface area contributed by atoms with Gasteiger partial charge in [-0.25, -0.2) is 8.78 Å². The zero-order chi connectivity index (χ0) is 21.7. The van der Waals surface area contributed by atoms with Gasteiger partial charge in [-0.2, -0.15) is 0 Å². The van der Waals surface area contributed by atoms with Crippen molar-refractivity contribution in [1.29, 1.82) is 0 Å². The Hall–Kier alpha value is -2.98. The number of hydrogen-bond donors (Lipinski definition) is 2. The number of carbonyl (C=O) groups is 2. The highest BCUT2D eigenvalue weighted by atomic mass is 35.5. The van der Waals surface area contributed by atoms with Gasteiger partial charge in [0.1, 0.15) is 17.2 Å². The van der Waals surface area contributed by atoms with Gasteiger partial charge >= 0.3 is 0 Å². The molecule has 0 fully saturated rings. The van der Waals surface area contributed by atoms with Crippen molar-refractivity contribution < 1.29 is 22.8 Å². The van der Waals surface area contributed by atoms with Crippen molar-refractivity contribution in [3.63, 3.8) is 0 Å². The molecule has 0 spiro atoms. The number of aryl methyl sites for hydroxylation is 1. The van der Waals surface area contributed by atoms with Crippen LogP contribution in [-0.4, -0.2) is 27.8 Å². The van der Waals surface area contributed by atoms with Crippen molar-refractivity contribution in [3.05, 3.63) is 70.1 Å². The number of carbonyl (C=O) groups excluding carboxylic acids is 2. The molecule has 3 aromatic rings. The molecule has 1 aromatic heterocycles. The maximum absolute atomic E-state index is 13.6. The summed E-state index contributed by atoms with van der Waals surface area (Å²) in [6.07, 6.45) is 0. The summed E-state index contributed by atoms with van der Waals surface area (Å²) in [5.41, 5.74) is 0.761. The molecule has 11 heteroatoms. The van der Waals surface area contributed by atoms with Crippen LogP contribution < -0.4 is 10.6 Å². The Balaban J connectivity index is 1.49. The fourth-order valence-electron chi connectivity index (χ4n) is 2.32. The number of rotatable bonds is 7. The molecule has 2 amide bonds. The van der Waals surface area contributed by atoms with Crippen molar-refractivity contribution in [3.8, 4) is 0 Å². The molecule has 0 aliphatic rings. The highest BCUT2D eigenvalue weighted by molar-refractivity contribution is 7.99. The summed E-state index contributed by atoms with van der Waals surface area (Å²) in [6, 6.07) is 8.29. The van der Waals surface area contributed by atoms with Crippen molar-refractivity contribution in [2.24, 2.45) is 0 Å². The number of thioether (sulfide) groups is 1. The SMILES string of the molecule is Cc1ccc(NC(=O)CSc2nnc(CNC(=O)c3c(F)cccc3F)o2)cc1Cl. The van der Waals surface area contributed by atoms with Crippen molar-refractivity contribution in [1.82, 2.24) is 15.5 Å². The lowest BCUT2D eigenvalue weighted by Crippen LogP contribution is -2.25. The van der Waals surface area contributed by atoms with Crippen molar-refractivity contribution in [2.75, 3.05) is 11.1 Å². The van der Waals surface area contributed by atoms with Crippen LogP contribution in [0.4, 0.5) is 14.5 Å². The minimum Gasteiger partial charge on any atom is -0.414 e. The molecule has 7 nitrogen and oxygen atoms in total. The molecule has 0 aliphatic heterocycles. The molecule has 2 N–H and O–H groups in total. The van der Waals surface area contributed by atoms with E-state index in [-0.39, 0.29) is 29.3 Å². The molecule has 30 heavy (non-hydrogen) atoms. The van der Waals surface area contributed by atoms with Crippen molar-refractivity contribution >= 4 is 40.9 Å². The first kappa shape index (κ1) is 21.7. The molecule has 3 rings (SSSR count). The van der Waals surface area contributed by atoms with Crippen LogP contribution in [0.1, 0.15) is 21.8 Å². The predicted molar refractivity (Wildman–Crippen MR) is 107 cm³/mol. The third-order valence-electron chi connectivity index (χ3n) is 3.82. The molecule has 0 saturated heterocycles. The lowest BCUT2D eigenvalue weighted by molar-refractivity contribution is -0.113. The van der Waals surface area contributed by atoms with E-state index in [1.54, 1.807) is 18.2 Å². The van der Waals surface area contributed by atoms with Crippen LogP contribution in [0.25, 0.3) is 0 Å². The van der Waals surface area contributed by atoms with E-state index in [2.05, 4.69) is 20.8 Å². The van der Waals surface area contributed by atoms with Crippen LogP contribution in [-0.2, 0) is 11.3 Å². The first-order chi connectivity index (χ1) is 14.3. The first-order valence-corrected chi connectivity index (χ1v) is 9.93. The smallest absolute Gasteiger partial charge is 0.277 e. The van der Waals surface area contributed by atoms with Gasteiger partial charge < -0.3 is 15.1 Å². The number of anilines is 1. The highest BCUT2D eigenvalue weighted by Gasteiger charge is 2.18. The maximum Gasteiger partial charge on any atom is 0.277 e. The van der Waals surface area contributed by atoms with Gasteiger partial charge in [0, 0.05) is 10.7 Å². The summed E-state index contributed by atoms with van der Waals surface area (Å²) < 4.78 is 32.5. The molecule has 156 valence electrons. The third-order valence-corrected chi connectivity index (χ3v) is 5.05. The van der Waals surface area contributed by atoms with E-state index >= 15 is 0 Å². The van der Waals surface area contributed by atoms with Gasteiger partial charge in [-0.05, 0) is 36.8 Å². The van der Waals surface area contributed by atoms with Crippen LogP contribution >= 0.6 is 23.4 Å². The topological polar surface area (TPSA) is 97.1 Å². The van der Waals surface area contributed by atoms with Crippen LogP contribution in [0, 0.1) is 18.6 Å². The fourth-order valence-corrected chi connectivity index (χ4v) is 3.08. The van der Waals surface area contributed by atoms with Crippen LogP contribution in [0.15, 0.2) is 46.0 Å². The van der Waals surface area contributed by atoms with E-state index in [0.717, 1.165) is 35.5 Å². The molecular weight excluding hydrogens is 438 g/mol. The van der Waals surface area contributed by atoms with Gasteiger partial charge in [0.2, 0.25) is 11.8 Å². The fraction of sp³-hybridized carbons (Fsp3) is 0.158. The molecule has 0 saturated carbocycles. The summed E-state index contributed by atoms with van der Waals surface area (Å²) >= 11 is 7.01. The Bertz CT molecular complexity index is 1070. The van der Waals surface area contributed by atoms with Crippen LogP contribution in [0.2, 0.25) is 5.02 Å². The minimum absolute atomic E-state index is 0.0000736. The largest absolute Gasteiger partial charge is 0.414 e. The molecular formula is C19H15ClF2N4O3S. The van der Waals surface area contributed by atoms with Gasteiger partial charge in [-0.3, -0.25) is 9.59 Å². The zero-order valence-corrected chi connectivity index (χ0v) is 17.1. The molecule has 1 heterocycles. The second-order valence-corrected chi connectivity index (χ2v) is 7.38. The van der Waals surface area contributed by atoms with Crippen LogP contribution in [0.5, 0.6) is 0 Å². The second-order valence-electron chi connectivity index (χ2n) is 6.04. The Morgan fingerprint density at radius 3 is 2.60 bits per heavy atom. The monoisotopic (exact) mass is 452 g/mol. The van der Waals surface area contributed by atoms with E-state index in [0.29, 0.717) is 10.7 Å². The van der Waals surface area contributed by atoms with Gasteiger partial charge in [0.05, 0.1) is 12.3 Å². The Morgan fingerprint density at radius 2 is 1.90 bits per heavy atom. The van der Waals surface area contributed by atoms with Gasteiger partial charge in [-0.15, -0.1) is 10.2 Å². The quantitative estimate of drug-likeness (QED) is 0.526. The average Bonchev–Trinajstić information content (AvgIpc) is 3.15. The summed E-state index contributed by atoms with van der Waals surface area (Å²) in [5.74, 6) is -3.18. The van der Waals surface area contributed by atoms with Crippen molar-refractivity contribution in [2.45, 2.75) is 18.7 Å². The molecule has 0 bridgehead atoms. The number of aromatic nitrogens is 2. The van der Waals surface area contributed by atoms with E-state index in [1.807, 2.05) is 6.92 Å². The molecule has 2 aromatic carbocycles. The number of benzene rings is 2. The Labute approximate surface area is 179 Å². The number of amides is 2. The number of nitrogens with zero attached hydrogens (tertiary/aromatic N) is 2. The lowest BCUT2D eigenvalue weighted by atomic mass is 10.2. The highest BCUT2D eigenvalue weighted by Crippen LogP contribution is 2.21. The summed E-state index contributed by atoms with van der Waals surface area (Å²) in [4.78, 5) is 24.0. The van der Waals surface area contributed by atoms with E-state index in [1.165, 1.54) is 0 Å². The average molecular weight is 453 g/mol. The van der Waals surface area contributed by atoms with E-state index in [9.17, 15) is 18.4 Å². The standard InChI is InChI=1S/C19H15ClF2N4O3S/c1-10-5-6-11(7-12(10)20)24-15(27)9-30-19-26-25-16(29-19)8-23-18(28)17-13(21)3-2-4-14(17)22/h2-7H,8-9H2,1H3,(H,23,28)(H,24,27). The predicted octanol–water partition coefficient (Wildman–Crippen LogP) is 3.97. The summed E-state index contributed by atoms with van der Waals surface area (Å²) in [7, 11) is 0. The normalized spacial score (nSPS) is 10.7. The molecule has 0 atom stereocenters. The van der Waals surface area contributed by atoms with Gasteiger partial charge in [0.25, 0.3) is 11.1 Å². The molecule has 0 unspecified atom stereocenters. The van der Waals surface area contributed by atoms with E-state index in [4.69, 9.17) is 16.0 Å². The molecule has 0 radical (unpaired) electrons. The van der Waals surface area contributed by atoms with Gasteiger partial charge in [-0.1, -0.05) is 35.5 Å². The minimum atomic E-state index is -0.977. The lowest BCUT2D eigenvalue weighted by Gasteiger charge is -2.06. The number of hydrogen-bond acceptors (Lipinski definition) is 6. The summed E-state index contributed by atoms with van der Waals surface area (Å²) in [6.45, 7) is 1.63. The number of halogens is 3. The third kappa shape index (κ3) is 5.55. The van der Waals surface area contributed by atoms with Crippen LogP contribution in [0.3, 0.4) is 0 Å². The number of nitrogens with one attached hydrogen (secondary N) is 2. The Morgan fingerprint density at radius 1 is 1.17 bits per heavy atom. The van der Waals surface area contributed by atoms with Gasteiger partial charge in [0.15, 0.2) is 0 Å². The Kier molecular flexibility index (Phi) is 7.01. The first-order valence-electron chi connectivity index (χ1n) is 8.57. The van der Waals surface area contributed by atoms with E-state index < -0.39 is 23.1 Å². The maximum atomic E-state index is 13.6.